The number of halogens is 1. The number of rotatable bonds is 2. The molecule has 1 aliphatic heterocycles. The smallest absolute Gasteiger partial charge is 0.228 e. The zero-order valence-corrected chi connectivity index (χ0v) is 11.1. The number of carbonyl (C=O) groups excluding carboxylic acids is 1. The van der Waals surface area contributed by atoms with Crippen LogP contribution in [-0.2, 0) is 11.2 Å². The molecule has 1 aliphatic rings. The molecule has 0 spiro atoms. The monoisotopic (exact) mass is 273 g/mol. The first-order valence-corrected chi connectivity index (χ1v) is 6.76. The molecule has 5 heteroatoms. The zero-order chi connectivity index (χ0) is 13.9. The lowest BCUT2D eigenvalue weighted by Gasteiger charge is -2.27. The summed E-state index contributed by atoms with van der Waals surface area (Å²) in [4.78, 5) is 18.4. The number of carbonyl (C=O) groups is 1. The van der Waals surface area contributed by atoms with Crippen LogP contribution in [0, 0.1) is 5.82 Å². The van der Waals surface area contributed by atoms with Crippen LogP contribution in [0.5, 0.6) is 0 Å². The lowest BCUT2D eigenvalue weighted by molar-refractivity contribution is -0.131. The second-order valence-electron chi connectivity index (χ2n) is 4.95. The third kappa shape index (κ3) is 2.77. The topological polar surface area (TPSA) is 45.2 Å². The lowest BCUT2D eigenvalue weighted by atomic mass is 10.1. The molecule has 1 amide bonds. The van der Waals surface area contributed by atoms with Crippen LogP contribution in [0.15, 0.2) is 30.3 Å². The minimum Gasteiger partial charge on any atom is -0.340 e. The summed E-state index contributed by atoms with van der Waals surface area (Å²) in [6, 6.07) is 8.08. The van der Waals surface area contributed by atoms with Crippen molar-refractivity contribution in [2.75, 3.05) is 26.2 Å². The normalized spacial score (nSPS) is 15.6. The van der Waals surface area contributed by atoms with Crippen LogP contribution in [0.25, 0.3) is 10.9 Å². The number of hydrogen-bond acceptors (Lipinski definition) is 3. The predicted octanol–water partition coefficient (Wildman–Crippen LogP) is 1.35. The van der Waals surface area contributed by atoms with Crippen molar-refractivity contribution in [3.8, 4) is 0 Å². The van der Waals surface area contributed by atoms with E-state index in [-0.39, 0.29) is 11.7 Å². The summed E-state index contributed by atoms with van der Waals surface area (Å²) < 4.78 is 13.1. The van der Waals surface area contributed by atoms with Crippen molar-refractivity contribution in [1.29, 1.82) is 0 Å². The van der Waals surface area contributed by atoms with Gasteiger partial charge in [-0.15, -0.1) is 0 Å². The maximum Gasteiger partial charge on any atom is 0.228 e. The van der Waals surface area contributed by atoms with E-state index in [0.29, 0.717) is 6.42 Å². The molecule has 1 fully saturated rings. The van der Waals surface area contributed by atoms with Gasteiger partial charge in [-0.05, 0) is 24.3 Å². The molecule has 1 aromatic heterocycles. The summed E-state index contributed by atoms with van der Waals surface area (Å²) >= 11 is 0. The second kappa shape index (κ2) is 5.54. The van der Waals surface area contributed by atoms with E-state index >= 15 is 0 Å². The summed E-state index contributed by atoms with van der Waals surface area (Å²) in [5.41, 5.74) is 1.45. The number of amides is 1. The second-order valence-corrected chi connectivity index (χ2v) is 4.95. The van der Waals surface area contributed by atoms with Gasteiger partial charge in [0.2, 0.25) is 5.91 Å². The number of pyridine rings is 1. The lowest BCUT2D eigenvalue weighted by Crippen LogP contribution is -2.47. The molecule has 0 radical (unpaired) electrons. The molecule has 0 aliphatic carbocycles. The summed E-state index contributed by atoms with van der Waals surface area (Å²) in [5, 5.41) is 3.97. The Bertz CT molecular complexity index is 638. The highest BCUT2D eigenvalue weighted by atomic mass is 19.1. The summed E-state index contributed by atoms with van der Waals surface area (Å²) in [6.45, 7) is 3.18. The number of nitrogens with one attached hydrogen (secondary N) is 1. The number of nitrogens with zero attached hydrogens (tertiary/aromatic N) is 2. The molecule has 2 aromatic rings. The number of piperazine rings is 1. The molecule has 0 atom stereocenters. The van der Waals surface area contributed by atoms with E-state index in [1.54, 1.807) is 12.1 Å². The maximum atomic E-state index is 13.1. The van der Waals surface area contributed by atoms with Crippen LogP contribution in [-0.4, -0.2) is 42.0 Å². The van der Waals surface area contributed by atoms with Gasteiger partial charge in [-0.25, -0.2) is 4.39 Å². The Morgan fingerprint density at radius 3 is 2.85 bits per heavy atom. The van der Waals surface area contributed by atoms with Crippen LogP contribution < -0.4 is 5.32 Å². The number of aromatic nitrogens is 1. The molecule has 20 heavy (non-hydrogen) atoms. The van der Waals surface area contributed by atoms with Crippen LogP contribution >= 0.6 is 0 Å². The average molecular weight is 273 g/mol. The molecule has 1 aromatic carbocycles. The van der Waals surface area contributed by atoms with Crippen molar-refractivity contribution < 1.29 is 9.18 Å². The first-order chi connectivity index (χ1) is 9.72. The highest BCUT2D eigenvalue weighted by Crippen LogP contribution is 2.14. The van der Waals surface area contributed by atoms with Gasteiger partial charge in [0.15, 0.2) is 0 Å². The molecule has 1 saturated heterocycles. The van der Waals surface area contributed by atoms with Crippen molar-refractivity contribution in [2.24, 2.45) is 0 Å². The summed E-state index contributed by atoms with van der Waals surface area (Å²) in [7, 11) is 0. The summed E-state index contributed by atoms with van der Waals surface area (Å²) in [6.07, 6.45) is 0.299. The van der Waals surface area contributed by atoms with Gasteiger partial charge >= 0.3 is 0 Å². The molecule has 104 valence electrons. The van der Waals surface area contributed by atoms with E-state index in [1.807, 2.05) is 11.0 Å². The number of hydrogen-bond donors (Lipinski definition) is 1. The van der Waals surface area contributed by atoms with Gasteiger partial charge in [0, 0.05) is 31.6 Å². The molecule has 4 nitrogen and oxygen atoms in total. The Morgan fingerprint density at radius 1 is 1.25 bits per heavy atom. The van der Waals surface area contributed by atoms with E-state index in [2.05, 4.69) is 10.3 Å². The first-order valence-electron chi connectivity index (χ1n) is 6.76. The molecule has 0 unspecified atom stereocenters. The molecule has 3 rings (SSSR count). The summed E-state index contributed by atoms with van der Waals surface area (Å²) in [5.74, 6) is -0.176. The average Bonchev–Trinajstić information content (AvgIpc) is 2.48. The van der Waals surface area contributed by atoms with E-state index in [4.69, 9.17) is 0 Å². The Kier molecular flexibility index (Phi) is 3.60. The van der Waals surface area contributed by atoms with Crippen molar-refractivity contribution in [2.45, 2.75) is 6.42 Å². The van der Waals surface area contributed by atoms with Gasteiger partial charge in [-0.2, -0.15) is 0 Å². The minimum absolute atomic E-state index is 0.0976. The van der Waals surface area contributed by atoms with Crippen LogP contribution in [0.3, 0.4) is 0 Å². The van der Waals surface area contributed by atoms with Crippen LogP contribution in [0.2, 0.25) is 0 Å². The van der Waals surface area contributed by atoms with Crippen molar-refractivity contribution in [3.63, 3.8) is 0 Å². The third-order valence-electron chi connectivity index (χ3n) is 3.51. The zero-order valence-electron chi connectivity index (χ0n) is 11.1. The fourth-order valence-corrected chi connectivity index (χ4v) is 2.42. The quantitative estimate of drug-likeness (QED) is 0.898. The number of benzene rings is 1. The Balaban J connectivity index is 1.76. The molecule has 0 saturated carbocycles. The van der Waals surface area contributed by atoms with Gasteiger partial charge in [-0.1, -0.05) is 6.07 Å². The van der Waals surface area contributed by atoms with E-state index in [9.17, 15) is 9.18 Å². The third-order valence-corrected chi connectivity index (χ3v) is 3.51. The number of fused-ring (bicyclic) bond motifs is 1. The molecule has 1 N–H and O–H groups in total. The van der Waals surface area contributed by atoms with Gasteiger partial charge in [-0.3, -0.25) is 9.78 Å². The SMILES string of the molecule is O=C(Cc1ccc2cc(F)ccc2n1)N1CCNCC1. The molecular weight excluding hydrogens is 257 g/mol. The largest absolute Gasteiger partial charge is 0.340 e. The highest BCUT2D eigenvalue weighted by molar-refractivity contribution is 5.81. The highest BCUT2D eigenvalue weighted by Gasteiger charge is 2.16. The fraction of sp³-hybridized carbons (Fsp3) is 0.333. The van der Waals surface area contributed by atoms with Gasteiger partial charge < -0.3 is 10.2 Å². The van der Waals surface area contributed by atoms with E-state index in [0.717, 1.165) is 42.8 Å². The van der Waals surface area contributed by atoms with Gasteiger partial charge in [0.1, 0.15) is 5.82 Å². The minimum atomic E-state index is -0.274. The van der Waals surface area contributed by atoms with Crippen molar-refractivity contribution >= 4 is 16.8 Å². The van der Waals surface area contributed by atoms with Crippen molar-refractivity contribution in [1.82, 2.24) is 15.2 Å². The fourth-order valence-electron chi connectivity index (χ4n) is 2.42. The van der Waals surface area contributed by atoms with Crippen LogP contribution in [0.4, 0.5) is 4.39 Å². The molecule has 2 heterocycles. The predicted molar refractivity (Wildman–Crippen MR) is 74.9 cm³/mol. The van der Waals surface area contributed by atoms with Gasteiger partial charge in [0.25, 0.3) is 0 Å². The molecular formula is C15H16FN3O. The van der Waals surface area contributed by atoms with E-state index in [1.165, 1.54) is 12.1 Å². The van der Waals surface area contributed by atoms with Gasteiger partial charge in [0.05, 0.1) is 17.6 Å². The van der Waals surface area contributed by atoms with Crippen LogP contribution in [0.1, 0.15) is 5.69 Å². The standard InChI is InChI=1S/C15H16FN3O/c16-12-2-4-14-11(9-12)1-3-13(18-14)10-15(20)19-7-5-17-6-8-19/h1-4,9,17H,5-8,10H2. The Labute approximate surface area is 116 Å². The van der Waals surface area contributed by atoms with E-state index < -0.39 is 0 Å². The Hall–Kier alpha value is -2.01. The maximum absolute atomic E-state index is 13.1. The molecule has 0 bridgehead atoms. The Morgan fingerprint density at radius 2 is 2.05 bits per heavy atom. The first kappa shape index (κ1) is 13.0. The van der Waals surface area contributed by atoms with Crippen molar-refractivity contribution in [3.05, 3.63) is 41.8 Å².